The third-order valence-corrected chi connectivity index (χ3v) is 5.51. The highest BCUT2D eigenvalue weighted by Gasteiger charge is 2.47. The summed E-state index contributed by atoms with van der Waals surface area (Å²) in [6.07, 6.45) is 0.989. The van der Waals surface area contributed by atoms with Crippen LogP contribution in [0.25, 0.3) is 0 Å². The van der Waals surface area contributed by atoms with Gasteiger partial charge in [0.25, 0.3) is 0 Å². The summed E-state index contributed by atoms with van der Waals surface area (Å²) in [4.78, 5) is 2.40. The van der Waals surface area contributed by atoms with Crippen LogP contribution < -0.4 is 4.74 Å². The van der Waals surface area contributed by atoms with Crippen LogP contribution in [-0.2, 0) is 16.9 Å². The zero-order chi connectivity index (χ0) is 18.9. The minimum absolute atomic E-state index is 0.0716. The topological polar surface area (TPSA) is 41.9 Å². The lowest BCUT2D eigenvalue weighted by atomic mass is 9.76. The molecule has 2 aliphatic rings. The van der Waals surface area contributed by atoms with Crippen molar-refractivity contribution in [3.63, 3.8) is 0 Å². The van der Waals surface area contributed by atoms with Crippen molar-refractivity contribution in [1.29, 1.82) is 0 Å². The molecule has 1 N–H and O–H groups in total. The van der Waals surface area contributed by atoms with Gasteiger partial charge in [0.1, 0.15) is 5.75 Å². The van der Waals surface area contributed by atoms with E-state index in [1.165, 1.54) is 17.7 Å². The molecule has 2 saturated heterocycles. The van der Waals surface area contributed by atoms with Crippen molar-refractivity contribution in [3.8, 4) is 5.75 Å². The van der Waals surface area contributed by atoms with Crippen LogP contribution in [-0.4, -0.2) is 41.9 Å². The predicted octanol–water partition coefficient (Wildman–Crippen LogP) is 3.54. The van der Waals surface area contributed by atoms with Crippen LogP contribution in [0.15, 0.2) is 54.6 Å². The molecule has 6 heteroatoms. The van der Waals surface area contributed by atoms with E-state index in [1.54, 1.807) is 12.1 Å². The van der Waals surface area contributed by atoms with Gasteiger partial charge in [0, 0.05) is 18.6 Å². The molecule has 2 fully saturated rings. The van der Waals surface area contributed by atoms with Gasteiger partial charge in [0.2, 0.25) is 0 Å². The summed E-state index contributed by atoms with van der Waals surface area (Å²) in [5.74, 6) is 0.0732. The number of halogens is 2. The molecule has 4 rings (SSSR count). The number of hydrogen-bond acceptors (Lipinski definition) is 4. The largest absolute Gasteiger partial charge is 0.435 e. The van der Waals surface area contributed by atoms with Crippen molar-refractivity contribution in [2.75, 3.05) is 13.2 Å². The van der Waals surface area contributed by atoms with E-state index >= 15 is 0 Å². The molecule has 2 unspecified atom stereocenters. The van der Waals surface area contributed by atoms with Crippen LogP contribution in [0.3, 0.4) is 0 Å². The molecule has 0 spiro atoms. The van der Waals surface area contributed by atoms with E-state index in [-0.39, 0.29) is 17.8 Å². The van der Waals surface area contributed by atoms with Gasteiger partial charge < -0.3 is 14.6 Å². The Labute approximate surface area is 157 Å². The highest BCUT2D eigenvalue weighted by atomic mass is 19.3. The van der Waals surface area contributed by atoms with Gasteiger partial charge >= 0.3 is 6.61 Å². The zero-order valence-electron chi connectivity index (χ0n) is 14.9. The smallest absolute Gasteiger partial charge is 0.387 e. The summed E-state index contributed by atoms with van der Waals surface area (Å²) in [5, 5.41) is 11.4. The molecular formula is C21H23F2NO3. The minimum Gasteiger partial charge on any atom is -0.435 e. The summed E-state index contributed by atoms with van der Waals surface area (Å²) >= 11 is 0. The number of piperidine rings is 1. The Morgan fingerprint density at radius 3 is 2.44 bits per heavy atom. The van der Waals surface area contributed by atoms with Gasteiger partial charge in [-0.2, -0.15) is 8.78 Å². The normalized spacial score (nSPS) is 28.3. The SMILES string of the molecule is OC1(c2cccc(OC(F)F)c2)CC2COCC(C1)N2Cc1ccccc1. The summed E-state index contributed by atoms with van der Waals surface area (Å²) in [5.41, 5.74) is 0.775. The van der Waals surface area contributed by atoms with Crippen LogP contribution in [0.2, 0.25) is 0 Å². The molecule has 0 radical (unpaired) electrons. The molecule has 2 aromatic rings. The fraction of sp³-hybridized carbons (Fsp3) is 0.429. The van der Waals surface area contributed by atoms with Gasteiger partial charge in [-0.25, -0.2) is 0 Å². The second kappa shape index (κ2) is 7.54. The maximum absolute atomic E-state index is 12.5. The van der Waals surface area contributed by atoms with Gasteiger partial charge in [0.15, 0.2) is 0 Å². The number of benzene rings is 2. The lowest BCUT2D eigenvalue weighted by Gasteiger charge is -2.52. The second-order valence-corrected chi connectivity index (χ2v) is 7.35. The van der Waals surface area contributed by atoms with Crippen molar-refractivity contribution in [1.82, 2.24) is 4.90 Å². The first-order valence-corrected chi connectivity index (χ1v) is 9.19. The van der Waals surface area contributed by atoms with Gasteiger partial charge in [-0.3, -0.25) is 4.90 Å². The average molecular weight is 375 g/mol. The highest BCUT2D eigenvalue weighted by molar-refractivity contribution is 5.33. The fourth-order valence-corrected chi connectivity index (χ4v) is 4.29. The lowest BCUT2D eigenvalue weighted by molar-refractivity contribution is -0.149. The van der Waals surface area contributed by atoms with E-state index in [2.05, 4.69) is 21.8 Å². The van der Waals surface area contributed by atoms with E-state index < -0.39 is 12.2 Å². The van der Waals surface area contributed by atoms with Crippen molar-refractivity contribution in [3.05, 3.63) is 65.7 Å². The maximum Gasteiger partial charge on any atom is 0.387 e. The van der Waals surface area contributed by atoms with E-state index in [1.807, 2.05) is 18.2 Å². The second-order valence-electron chi connectivity index (χ2n) is 7.35. The molecule has 0 saturated carbocycles. The summed E-state index contributed by atoms with van der Waals surface area (Å²) in [6, 6.07) is 16.8. The molecule has 144 valence electrons. The van der Waals surface area contributed by atoms with Gasteiger partial charge in [-0.05, 0) is 36.1 Å². The van der Waals surface area contributed by atoms with Crippen molar-refractivity contribution in [2.45, 2.75) is 43.7 Å². The van der Waals surface area contributed by atoms with Crippen LogP contribution >= 0.6 is 0 Å². The average Bonchev–Trinajstić information content (AvgIpc) is 2.63. The fourth-order valence-electron chi connectivity index (χ4n) is 4.29. The number of ether oxygens (including phenoxy) is 2. The number of fused-ring (bicyclic) bond motifs is 2. The van der Waals surface area contributed by atoms with Crippen LogP contribution in [0.5, 0.6) is 5.75 Å². The van der Waals surface area contributed by atoms with Crippen molar-refractivity contribution < 1.29 is 23.4 Å². The molecule has 0 aliphatic carbocycles. The maximum atomic E-state index is 12.5. The van der Waals surface area contributed by atoms with E-state index in [0.717, 1.165) is 6.54 Å². The number of nitrogens with zero attached hydrogens (tertiary/aromatic N) is 1. The first-order valence-electron chi connectivity index (χ1n) is 9.19. The molecule has 0 amide bonds. The van der Waals surface area contributed by atoms with Crippen molar-refractivity contribution >= 4 is 0 Å². The number of morpholine rings is 1. The quantitative estimate of drug-likeness (QED) is 0.868. The predicted molar refractivity (Wildman–Crippen MR) is 96.6 cm³/mol. The molecule has 0 aromatic heterocycles. The molecule has 2 bridgehead atoms. The molecule has 2 atom stereocenters. The Balaban J connectivity index is 1.55. The molecule has 2 heterocycles. The Morgan fingerprint density at radius 2 is 1.78 bits per heavy atom. The number of rotatable bonds is 5. The molecule has 27 heavy (non-hydrogen) atoms. The molecule has 2 aliphatic heterocycles. The highest BCUT2D eigenvalue weighted by Crippen LogP contribution is 2.42. The van der Waals surface area contributed by atoms with Crippen LogP contribution in [0, 0.1) is 0 Å². The third kappa shape index (κ3) is 3.98. The van der Waals surface area contributed by atoms with Crippen LogP contribution in [0.4, 0.5) is 8.78 Å². The Morgan fingerprint density at radius 1 is 1.07 bits per heavy atom. The van der Waals surface area contributed by atoms with E-state index in [0.29, 0.717) is 31.6 Å². The monoisotopic (exact) mass is 375 g/mol. The third-order valence-electron chi connectivity index (χ3n) is 5.51. The lowest BCUT2D eigenvalue weighted by Crippen LogP contribution is -2.60. The first-order chi connectivity index (χ1) is 13.0. The number of aliphatic hydroxyl groups is 1. The summed E-state index contributed by atoms with van der Waals surface area (Å²) in [6.45, 7) is -0.961. The summed E-state index contributed by atoms with van der Waals surface area (Å²) < 4.78 is 35.3. The van der Waals surface area contributed by atoms with Gasteiger partial charge in [-0.15, -0.1) is 0 Å². The number of alkyl halides is 2. The Kier molecular flexibility index (Phi) is 5.12. The van der Waals surface area contributed by atoms with Crippen LogP contribution in [0.1, 0.15) is 24.0 Å². The zero-order valence-corrected chi connectivity index (χ0v) is 14.9. The minimum atomic E-state index is -2.88. The van der Waals surface area contributed by atoms with Gasteiger partial charge in [-0.1, -0.05) is 42.5 Å². The number of hydrogen-bond donors (Lipinski definition) is 1. The van der Waals surface area contributed by atoms with Crippen molar-refractivity contribution in [2.24, 2.45) is 0 Å². The van der Waals surface area contributed by atoms with Gasteiger partial charge in [0.05, 0.1) is 18.8 Å². The first kappa shape index (κ1) is 18.3. The Hall–Kier alpha value is -2.02. The summed E-state index contributed by atoms with van der Waals surface area (Å²) in [7, 11) is 0. The standard InChI is InChI=1S/C21H23F2NO3/c22-20(23)27-19-8-4-7-16(9-19)21(25)10-17-13-26-14-18(11-21)24(17)12-15-5-2-1-3-6-15/h1-9,17-18,20,25H,10-14H2. The molecule has 2 aromatic carbocycles. The molecular weight excluding hydrogens is 352 g/mol. The van der Waals surface area contributed by atoms with E-state index in [9.17, 15) is 13.9 Å². The Bertz CT molecular complexity index is 757. The van der Waals surface area contributed by atoms with E-state index in [4.69, 9.17) is 4.74 Å². The molecule has 4 nitrogen and oxygen atoms in total.